The van der Waals surface area contributed by atoms with E-state index >= 15 is 0 Å². The molecule has 1 saturated heterocycles. The van der Waals surface area contributed by atoms with Gasteiger partial charge in [0, 0.05) is 19.2 Å². The highest BCUT2D eigenvalue weighted by Crippen LogP contribution is 2.40. The Labute approximate surface area is 132 Å². The van der Waals surface area contributed by atoms with E-state index in [1.807, 2.05) is 4.90 Å². The van der Waals surface area contributed by atoms with Crippen molar-refractivity contribution in [2.24, 2.45) is 5.92 Å². The van der Waals surface area contributed by atoms with E-state index in [9.17, 15) is 9.59 Å². The summed E-state index contributed by atoms with van der Waals surface area (Å²) in [4.78, 5) is 26.3. The topological polar surface area (TPSA) is 49.4 Å². The van der Waals surface area contributed by atoms with E-state index < -0.39 is 0 Å². The van der Waals surface area contributed by atoms with Crippen LogP contribution < -0.4 is 5.32 Å². The summed E-state index contributed by atoms with van der Waals surface area (Å²) in [5.74, 6) is 1.40. The highest BCUT2D eigenvalue weighted by molar-refractivity contribution is 8.00. The Hall–Kier alpha value is -0.710. The van der Waals surface area contributed by atoms with E-state index in [0.717, 1.165) is 25.1 Å². The Balaban J connectivity index is 1.98. The summed E-state index contributed by atoms with van der Waals surface area (Å²) in [5, 5.41) is 3.20. The van der Waals surface area contributed by atoms with Gasteiger partial charge in [0.2, 0.25) is 11.8 Å². The number of carbonyl (C=O) groups excluding carboxylic acids is 2. The molecule has 2 rings (SSSR count). The van der Waals surface area contributed by atoms with Gasteiger partial charge < -0.3 is 10.2 Å². The molecular formula is C16H28N2O2S. The fourth-order valence-electron chi connectivity index (χ4n) is 3.42. The Bertz CT molecular complexity index is 369. The average Bonchev–Trinajstić information content (AvgIpc) is 2.93. The molecule has 1 heterocycles. The minimum Gasteiger partial charge on any atom is -0.354 e. The van der Waals surface area contributed by atoms with Gasteiger partial charge in [-0.25, -0.2) is 0 Å². The minimum atomic E-state index is -0.267. The maximum absolute atomic E-state index is 12.3. The fraction of sp³-hybridized carbons (Fsp3) is 0.875. The lowest BCUT2D eigenvalue weighted by Gasteiger charge is -2.34. The van der Waals surface area contributed by atoms with Gasteiger partial charge in [0.05, 0.1) is 5.37 Å². The van der Waals surface area contributed by atoms with Crippen molar-refractivity contribution in [3.05, 3.63) is 0 Å². The molecule has 1 N–H and O–H groups in total. The first-order chi connectivity index (χ1) is 10.1. The van der Waals surface area contributed by atoms with Crippen molar-refractivity contribution in [1.29, 1.82) is 0 Å². The van der Waals surface area contributed by atoms with Crippen LogP contribution in [0.2, 0.25) is 0 Å². The molecule has 0 aromatic heterocycles. The zero-order chi connectivity index (χ0) is 15.2. The van der Waals surface area contributed by atoms with Crippen LogP contribution in [0.1, 0.15) is 58.8 Å². The Morgan fingerprint density at radius 3 is 2.57 bits per heavy atom. The SMILES string of the molecule is CCCCNC(=O)C1CSC(C2CCCCC2)N1C(C)=O. The third-order valence-corrected chi connectivity index (χ3v) is 6.05. The number of rotatable bonds is 5. The maximum Gasteiger partial charge on any atom is 0.243 e. The van der Waals surface area contributed by atoms with Crippen molar-refractivity contribution in [2.45, 2.75) is 70.2 Å². The molecule has 2 unspecified atom stereocenters. The highest BCUT2D eigenvalue weighted by atomic mass is 32.2. The second kappa shape index (κ2) is 8.06. The maximum atomic E-state index is 12.3. The molecule has 0 radical (unpaired) electrons. The molecule has 0 aromatic carbocycles. The van der Waals surface area contributed by atoms with Gasteiger partial charge in [-0.3, -0.25) is 9.59 Å². The van der Waals surface area contributed by atoms with Crippen LogP contribution in [0.4, 0.5) is 0 Å². The summed E-state index contributed by atoms with van der Waals surface area (Å²) in [6, 6.07) is -0.267. The Morgan fingerprint density at radius 2 is 1.95 bits per heavy atom. The van der Waals surface area contributed by atoms with Crippen LogP contribution in [0.15, 0.2) is 0 Å². The van der Waals surface area contributed by atoms with Crippen molar-refractivity contribution in [1.82, 2.24) is 10.2 Å². The Kier molecular flexibility index (Phi) is 6.40. The van der Waals surface area contributed by atoms with Crippen LogP contribution in [-0.4, -0.2) is 40.4 Å². The van der Waals surface area contributed by atoms with Crippen molar-refractivity contribution in [3.63, 3.8) is 0 Å². The number of hydrogen-bond donors (Lipinski definition) is 1. The van der Waals surface area contributed by atoms with E-state index in [-0.39, 0.29) is 23.2 Å². The Morgan fingerprint density at radius 1 is 1.24 bits per heavy atom. The van der Waals surface area contributed by atoms with Crippen LogP contribution in [0, 0.1) is 5.92 Å². The van der Waals surface area contributed by atoms with Crippen molar-refractivity contribution < 1.29 is 9.59 Å². The highest BCUT2D eigenvalue weighted by Gasteiger charge is 2.43. The first-order valence-corrected chi connectivity index (χ1v) is 9.38. The molecule has 2 fully saturated rings. The molecule has 2 amide bonds. The van der Waals surface area contributed by atoms with Crippen molar-refractivity contribution in [2.75, 3.05) is 12.3 Å². The van der Waals surface area contributed by atoms with Crippen LogP contribution in [0.3, 0.4) is 0 Å². The molecule has 2 aliphatic rings. The predicted molar refractivity (Wildman–Crippen MR) is 87.0 cm³/mol. The lowest BCUT2D eigenvalue weighted by molar-refractivity contribution is -0.139. The van der Waals surface area contributed by atoms with Crippen LogP contribution in [0.25, 0.3) is 0 Å². The number of nitrogens with one attached hydrogen (secondary N) is 1. The van der Waals surface area contributed by atoms with E-state index in [2.05, 4.69) is 12.2 Å². The van der Waals surface area contributed by atoms with Crippen LogP contribution >= 0.6 is 11.8 Å². The van der Waals surface area contributed by atoms with Crippen LogP contribution in [0.5, 0.6) is 0 Å². The zero-order valence-electron chi connectivity index (χ0n) is 13.3. The summed E-state index contributed by atoms with van der Waals surface area (Å²) in [5.41, 5.74) is 0. The summed E-state index contributed by atoms with van der Waals surface area (Å²) < 4.78 is 0. The monoisotopic (exact) mass is 312 g/mol. The predicted octanol–water partition coefficient (Wildman–Crippen LogP) is 2.77. The van der Waals surface area contributed by atoms with Gasteiger partial charge in [0.1, 0.15) is 6.04 Å². The number of hydrogen-bond acceptors (Lipinski definition) is 3. The van der Waals surface area contributed by atoms with E-state index in [4.69, 9.17) is 0 Å². The molecule has 4 nitrogen and oxygen atoms in total. The third-order valence-electron chi connectivity index (χ3n) is 4.58. The molecule has 0 aromatic rings. The third kappa shape index (κ3) is 4.15. The number of carbonyl (C=O) groups is 2. The molecule has 2 atom stereocenters. The first-order valence-electron chi connectivity index (χ1n) is 8.33. The van der Waals surface area contributed by atoms with Gasteiger partial charge in [0.15, 0.2) is 0 Å². The van der Waals surface area contributed by atoms with Crippen LogP contribution in [-0.2, 0) is 9.59 Å². The van der Waals surface area contributed by atoms with Gasteiger partial charge in [-0.15, -0.1) is 11.8 Å². The first kappa shape index (κ1) is 16.7. The summed E-state index contributed by atoms with van der Waals surface area (Å²) in [7, 11) is 0. The standard InChI is InChI=1S/C16H28N2O2S/c1-3-4-10-17-15(20)14-11-21-16(18(14)12(2)19)13-8-6-5-7-9-13/h13-14,16H,3-11H2,1-2H3,(H,17,20). The number of nitrogens with zero attached hydrogens (tertiary/aromatic N) is 1. The molecular weight excluding hydrogens is 284 g/mol. The van der Waals surface area contributed by atoms with Gasteiger partial charge in [-0.05, 0) is 25.2 Å². The molecule has 1 aliphatic heterocycles. The molecule has 21 heavy (non-hydrogen) atoms. The molecule has 0 spiro atoms. The van der Waals surface area contributed by atoms with E-state index in [1.54, 1.807) is 18.7 Å². The molecule has 0 bridgehead atoms. The van der Waals surface area contributed by atoms with Crippen molar-refractivity contribution in [3.8, 4) is 0 Å². The summed E-state index contributed by atoms with van der Waals surface area (Å²) >= 11 is 1.81. The number of unbranched alkanes of at least 4 members (excludes halogenated alkanes) is 1. The lowest BCUT2D eigenvalue weighted by atomic mass is 9.88. The van der Waals surface area contributed by atoms with Crippen molar-refractivity contribution >= 4 is 23.6 Å². The van der Waals surface area contributed by atoms with Gasteiger partial charge >= 0.3 is 0 Å². The molecule has 1 aliphatic carbocycles. The average molecular weight is 312 g/mol. The minimum absolute atomic E-state index is 0.0319. The lowest BCUT2D eigenvalue weighted by Crippen LogP contribution is -2.50. The van der Waals surface area contributed by atoms with Gasteiger partial charge in [-0.2, -0.15) is 0 Å². The number of thioether (sulfide) groups is 1. The zero-order valence-corrected chi connectivity index (χ0v) is 14.1. The quantitative estimate of drug-likeness (QED) is 0.794. The van der Waals surface area contributed by atoms with Gasteiger partial charge in [0.25, 0.3) is 0 Å². The molecule has 1 saturated carbocycles. The van der Waals surface area contributed by atoms with E-state index in [1.165, 1.54) is 32.1 Å². The fourth-order valence-corrected chi connectivity index (χ4v) is 5.11. The summed E-state index contributed by atoms with van der Waals surface area (Å²) in [6.45, 7) is 4.43. The number of amides is 2. The smallest absolute Gasteiger partial charge is 0.243 e. The second-order valence-corrected chi connectivity index (χ2v) is 7.36. The molecule has 120 valence electrons. The van der Waals surface area contributed by atoms with E-state index in [0.29, 0.717) is 5.92 Å². The molecule has 5 heteroatoms. The summed E-state index contributed by atoms with van der Waals surface area (Å²) in [6.07, 6.45) is 8.31. The normalized spacial score (nSPS) is 26.9. The largest absolute Gasteiger partial charge is 0.354 e. The van der Waals surface area contributed by atoms with Gasteiger partial charge in [-0.1, -0.05) is 32.6 Å². The second-order valence-electron chi connectivity index (χ2n) is 6.21.